The van der Waals surface area contributed by atoms with Crippen molar-refractivity contribution in [2.24, 2.45) is 9.98 Å². The van der Waals surface area contributed by atoms with Crippen molar-refractivity contribution in [1.82, 2.24) is 0 Å². The van der Waals surface area contributed by atoms with Crippen molar-refractivity contribution in [3.63, 3.8) is 0 Å². The van der Waals surface area contributed by atoms with Gasteiger partial charge in [0.25, 0.3) is 16.6 Å². The molecule has 4 nitrogen and oxygen atoms in total. The van der Waals surface area contributed by atoms with Crippen LogP contribution in [0.15, 0.2) is 58.5 Å². The fourth-order valence-electron chi connectivity index (χ4n) is 4.01. The summed E-state index contributed by atoms with van der Waals surface area (Å²) < 4.78 is 13.3. The van der Waals surface area contributed by atoms with E-state index in [-0.39, 0.29) is 22.2 Å². The summed E-state index contributed by atoms with van der Waals surface area (Å²) in [6.45, 7) is 22.8. The highest BCUT2D eigenvalue weighted by Gasteiger charge is 2.40. The first kappa shape index (κ1) is 30.4. The number of hydrogen-bond acceptors (Lipinski definition) is 4. The summed E-state index contributed by atoms with van der Waals surface area (Å²) in [5, 5.41) is 0.288. The van der Waals surface area contributed by atoms with Gasteiger partial charge in [0.15, 0.2) is 0 Å². The molecule has 0 aliphatic heterocycles. The van der Waals surface area contributed by atoms with E-state index in [9.17, 15) is 0 Å². The van der Waals surface area contributed by atoms with E-state index in [1.54, 1.807) is 0 Å². The van der Waals surface area contributed by atoms with Crippen molar-refractivity contribution in [2.75, 3.05) is 0 Å². The third kappa shape index (κ3) is 7.69. The highest BCUT2D eigenvalue weighted by Crippen LogP contribution is 2.39. The Balaban J connectivity index is 1.80. The highest BCUT2D eigenvalue weighted by atomic mass is 28.4. The second-order valence-electron chi connectivity index (χ2n) is 13.8. The molecular weight excluding hydrogens is 501 g/mol. The Morgan fingerprint density at radius 3 is 1.32 bits per heavy atom. The zero-order chi connectivity index (χ0) is 28.2. The molecule has 1 fully saturated rings. The number of hydrogen-bond donors (Lipinski definition) is 0. The van der Waals surface area contributed by atoms with Crippen LogP contribution in [0.4, 0.5) is 0 Å². The minimum absolute atomic E-state index is 0.144. The maximum atomic E-state index is 6.65. The number of nitrogens with zero attached hydrogens (tertiary/aromatic N) is 2. The molecule has 0 saturated heterocycles. The standard InChI is InChI=1S/C32H50N2O2Si2/c1-31(2,3)37(7,8)35-29-21-15-11-17-25(29)23-33-27-19-13-14-20-28(27)34-24-26-18-12-16-22-30(26)36-38(9,10)32(4,5)6/h11-12,15-18,21-24,27-28H,13-14,19-20H2,1-10H3/t27-,28-/m1/s1. The first-order valence-corrected chi connectivity index (χ1v) is 20.0. The topological polar surface area (TPSA) is 43.2 Å². The SMILES string of the molecule is CC(C)(C)[Si](C)(C)Oc1ccccc1C=N[C@@H]1CCCC[C@H]1N=Cc1ccccc1O[Si](C)(C)C(C)(C)C. The van der Waals surface area contributed by atoms with E-state index < -0.39 is 16.6 Å². The average molecular weight is 551 g/mol. The molecule has 0 unspecified atom stereocenters. The molecule has 0 aromatic heterocycles. The first-order chi connectivity index (χ1) is 17.6. The second-order valence-corrected chi connectivity index (χ2v) is 23.2. The van der Waals surface area contributed by atoms with Crippen LogP contribution in [0.3, 0.4) is 0 Å². The van der Waals surface area contributed by atoms with Gasteiger partial charge in [-0.25, -0.2) is 0 Å². The van der Waals surface area contributed by atoms with Gasteiger partial charge < -0.3 is 8.85 Å². The minimum Gasteiger partial charge on any atom is -0.543 e. The summed E-state index contributed by atoms with van der Waals surface area (Å²) in [5.74, 6) is 1.88. The highest BCUT2D eigenvalue weighted by molar-refractivity contribution is 6.75. The molecule has 0 radical (unpaired) electrons. The maximum absolute atomic E-state index is 6.65. The van der Waals surface area contributed by atoms with Gasteiger partial charge in [0.1, 0.15) is 11.5 Å². The third-order valence-corrected chi connectivity index (χ3v) is 17.4. The molecule has 0 N–H and O–H groups in total. The van der Waals surface area contributed by atoms with Gasteiger partial charge in [0, 0.05) is 23.6 Å². The molecule has 2 atom stereocenters. The number of aliphatic imine (C=N–C) groups is 2. The third-order valence-electron chi connectivity index (χ3n) is 8.68. The maximum Gasteiger partial charge on any atom is 0.250 e. The van der Waals surface area contributed by atoms with E-state index in [1.165, 1.54) is 12.8 Å². The fourth-order valence-corrected chi connectivity index (χ4v) is 6.09. The summed E-state index contributed by atoms with van der Waals surface area (Å²) in [4.78, 5) is 10.2. The van der Waals surface area contributed by atoms with Gasteiger partial charge in [0.05, 0.1) is 12.1 Å². The molecule has 0 bridgehead atoms. The van der Waals surface area contributed by atoms with E-state index >= 15 is 0 Å². The molecule has 6 heteroatoms. The zero-order valence-corrected chi connectivity index (χ0v) is 27.5. The predicted molar refractivity (Wildman–Crippen MR) is 170 cm³/mol. The van der Waals surface area contributed by atoms with Gasteiger partial charge >= 0.3 is 0 Å². The molecule has 2 aromatic carbocycles. The monoisotopic (exact) mass is 550 g/mol. The van der Waals surface area contributed by atoms with Gasteiger partial charge in [-0.15, -0.1) is 0 Å². The van der Waals surface area contributed by atoms with Gasteiger partial charge in [-0.05, 0) is 73.4 Å². The molecular formula is C32H50N2O2Si2. The van der Waals surface area contributed by atoms with E-state index in [2.05, 4.69) is 116 Å². The Morgan fingerprint density at radius 2 is 0.974 bits per heavy atom. The van der Waals surface area contributed by atoms with Crippen molar-refractivity contribution < 1.29 is 8.85 Å². The summed E-state index contributed by atoms with van der Waals surface area (Å²) in [7, 11) is -3.88. The van der Waals surface area contributed by atoms with Crippen molar-refractivity contribution in [1.29, 1.82) is 0 Å². The fraction of sp³-hybridized carbons (Fsp3) is 0.562. The van der Waals surface area contributed by atoms with Crippen LogP contribution in [-0.4, -0.2) is 41.1 Å². The van der Waals surface area contributed by atoms with Crippen LogP contribution in [0.1, 0.15) is 78.4 Å². The summed E-state index contributed by atoms with van der Waals surface area (Å²) in [6.07, 6.45) is 8.56. The number of benzene rings is 2. The average Bonchev–Trinajstić information content (AvgIpc) is 2.81. The van der Waals surface area contributed by atoms with Crippen LogP contribution in [-0.2, 0) is 0 Å². The second kappa shape index (κ2) is 11.9. The van der Waals surface area contributed by atoms with Crippen molar-refractivity contribution in [3.8, 4) is 11.5 Å². The molecule has 38 heavy (non-hydrogen) atoms. The Hall–Kier alpha value is -2.19. The van der Waals surface area contributed by atoms with Gasteiger partial charge in [-0.2, -0.15) is 0 Å². The number of rotatable bonds is 8. The number of para-hydroxylation sites is 2. The van der Waals surface area contributed by atoms with Crippen molar-refractivity contribution in [2.45, 2.75) is 116 Å². The van der Waals surface area contributed by atoms with Crippen LogP contribution < -0.4 is 8.85 Å². The van der Waals surface area contributed by atoms with Crippen LogP contribution in [0, 0.1) is 0 Å². The van der Waals surface area contributed by atoms with Crippen LogP contribution in [0.5, 0.6) is 11.5 Å². The van der Waals surface area contributed by atoms with Gasteiger partial charge in [0.2, 0.25) is 0 Å². The summed E-state index contributed by atoms with van der Waals surface area (Å²) in [6, 6.07) is 17.0. The summed E-state index contributed by atoms with van der Waals surface area (Å²) >= 11 is 0. The lowest BCUT2D eigenvalue weighted by Gasteiger charge is -2.37. The lowest BCUT2D eigenvalue weighted by molar-refractivity contribution is 0.390. The molecule has 3 rings (SSSR count). The Bertz CT molecular complexity index is 1040. The van der Waals surface area contributed by atoms with E-state index in [0.29, 0.717) is 0 Å². The first-order valence-electron chi connectivity index (χ1n) is 14.2. The molecule has 0 amide bonds. The van der Waals surface area contributed by atoms with Crippen LogP contribution >= 0.6 is 0 Å². The molecule has 208 valence electrons. The molecule has 0 heterocycles. The summed E-state index contributed by atoms with van der Waals surface area (Å²) in [5.41, 5.74) is 2.11. The van der Waals surface area contributed by atoms with Gasteiger partial charge in [-0.1, -0.05) is 78.6 Å². The Morgan fingerprint density at radius 1 is 0.632 bits per heavy atom. The molecule has 2 aromatic rings. The van der Waals surface area contributed by atoms with Gasteiger partial charge in [-0.3, -0.25) is 9.98 Å². The molecule has 0 spiro atoms. The lowest BCUT2D eigenvalue weighted by Crippen LogP contribution is -2.44. The van der Waals surface area contributed by atoms with E-state index in [4.69, 9.17) is 18.8 Å². The van der Waals surface area contributed by atoms with E-state index in [1.807, 2.05) is 12.4 Å². The molecule has 1 aliphatic carbocycles. The minimum atomic E-state index is -1.94. The lowest BCUT2D eigenvalue weighted by atomic mass is 9.91. The zero-order valence-electron chi connectivity index (χ0n) is 25.5. The normalized spacial score (nSPS) is 19.7. The molecule has 1 aliphatic rings. The predicted octanol–water partition coefficient (Wildman–Crippen LogP) is 9.30. The van der Waals surface area contributed by atoms with E-state index in [0.717, 1.165) is 35.5 Å². The Kier molecular flexibility index (Phi) is 9.51. The van der Waals surface area contributed by atoms with Crippen LogP contribution in [0.2, 0.25) is 36.3 Å². The van der Waals surface area contributed by atoms with Crippen molar-refractivity contribution in [3.05, 3.63) is 59.7 Å². The van der Waals surface area contributed by atoms with Crippen molar-refractivity contribution >= 4 is 29.1 Å². The van der Waals surface area contributed by atoms with Crippen LogP contribution in [0.25, 0.3) is 0 Å². The largest absolute Gasteiger partial charge is 0.543 e. The quantitative estimate of drug-likeness (QED) is 0.243. The molecule has 1 saturated carbocycles. The Labute approximate surface area is 234 Å². The smallest absolute Gasteiger partial charge is 0.250 e.